The number of rotatable bonds is 45. The summed E-state index contributed by atoms with van der Waals surface area (Å²) in [5, 5.41) is 86.9. The third-order valence-electron chi connectivity index (χ3n) is 14.2. The van der Waals surface area contributed by atoms with Gasteiger partial charge in [-0.15, -0.1) is 0 Å². The SMILES string of the molecule is CCCCCCCCCCCCC/C=C/[C@@H](O)[C@H](CO[C@@H]1O[C@H](CO)[C@@H](O[C@@H]2O[C@H](CO)[C@H](O)[C@H](O)[C@H]2O)[C@H](O)[C@H]1O)NC(=O)CCCCCCCCCCCCCCCCCCCCCCCC. The Hall–Kier alpha value is -1.27. The summed E-state index contributed by atoms with van der Waals surface area (Å²) in [4.78, 5) is 13.2. The number of ether oxygens (including phenoxy) is 4. The summed E-state index contributed by atoms with van der Waals surface area (Å²) in [6.45, 7) is 2.81. The van der Waals surface area contributed by atoms with Crippen LogP contribution in [-0.2, 0) is 23.7 Å². The smallest absolute Gasteiger partial charge is 0.220 e. The second-order valence-corrected chi connectivity index (χ2v) is 20.4. The number of aliphatic hydroxyl groups is 8. The zero-order chi connectivity index (χ0) is 50.3. The van der Waals surface area contributed by atoms with E-state index >= 15 is 0 Å². The maximum atomic E-state index is 13.2. The van der Waals surface area contributed by atoms with E-state index in [0.717, 1.165) is 38.5 Å². The van der Waals surface area contributed by atoms with Crippen LogP contribution in [0.1, 0.15) is 239 Å². The second-order valence-electron chi connectivity index (χ2n) is 20.4. The van der Waals surface area contributed by atoms with Crippen LogP contribution in [0.4, 0.5) is 0 Å². The highest BCUT2D eigenvalue weighted by Gasteiger charge is 2.51. The van der Waals surface area contributed by atoms with Crippen LogP contribution in [-0.4, -0.2) is 140 Å². The maximum absolute atomic E-state index is 13.2. The Balaban J connectivity index is 1.76. The topological polar surface area (TPSA) is 228 Å². The molecule has 0 aromatic rings. The lowest BCUT2D eigenvalue weighted by Gasteiger charge is -2.46. The first kappa shape index (κ1) is 63.8. The van der Waals surface area contributed by atoms with Gasteiger partial charge in [0.1, 0.15) is 48.8 Å². The number of allylic oxidation sites excluding steroid dienone is 1. The highest BCUT2D eigenvalue weighted by molar-refractivity contribution is 5.76. The van der Waals surface area contributed by atoms with Crippen LogP contribution in [0.2, 0.25) is 0 Å². The Morgan fingerprint density at radius 1 is 0.507 bits per heavy atom. The van der Waals surface area contributed by atoms with Gasteiger partial charge in [-0.2, -0.15) is 0 Å². The molecule has 2 rings (SSSR count). The van der Waals surface area contributed by atoms with Gasteiger partial charge in [-0.1, -0.05) is 225 Å². The molecule has 9 N–H and O–H groups in total. The minimum Gasteiger partial charge on any atom is -0.394 e. The van der Waals surface area contributed by atoms with Crippen LogP contribution in [0.15, 0.2) is 12.2 Å². The van der Waals surface area contributed by atoms with Crippen LogP contribution < -0.4 is 5.32 Å². The van der Waals surface area contributed by atoms with Crippen molar-refractivity contribution in [1.29, 1.82) is 0 Å². The molecule has 69 heavy (non-hydrogen) atoms. The van der Waals surface area contributed by atoms with Crippen molar-refractivity contribution in [2.75, 3.05) is 19.8 Å². The molecule has 0 spiro atoms. The van der Waals surface area contributed by atoms with Crippen molar-refractivity contribution < 1.29 is 64.6 Å². The van der Waals surface area contributed by atoms with E-state index in [1.165, 1.54) is 173 Å². The van der Waals surface area contributed by atoms with Gasteiger partial charge in [0.25, 0.3) is 0 Å². The number of carbonyl (C=O) groups is 1. The number of hydrogen-bond acceptors (Lipinski definition) is 13. The monoisotopic (exact) mass is 988 g/mol. The number of nitrogens with one attached hydrogen (secondary N) is 1. The Kier molecular flexibility index (Phi) is 39.0. The van der Waals surface area contributed by atoms with Gasteiger partial charge in [0.15, 0.2) is 12.6 Å². The first-order valence-corrected chi connectivity index (χ1v) is 28.4. The molecule has 2 saturated heterocycles. The average Bonchev–Trinajstić information content (AvgIpc) is 3.35. The van der Waals surface area contributed by atoms with Crippen molar-refractivity contribution in [1.82, 2.24) is 5.32 Å². The molecule has 0 aromatic carbocycles. The van der Waals surface area contributed by atoms with Crippen molar-refractivity contribution in [3.05, 3.63) is 12.2 Å². The maximum Gasteiger partial charge on any atom is 0.220 e. The zero-order valence-electron chi connectivity index (χ0n) is 43.6. The third-order valence-corrected chi connectivity index (χ3v) is 14.2. The van der Waals surface area contributed by atoms with E-state index < -0.39 is 86.8 Å². The third kappa shape index (κ3) is 28.7. The molecule has 2 aliphatic heterocycles. The Morgan fingerprint density at radius 3 is 1.33 bits per heavy atom. The highest BCUT2D eigenvalue weighted by atomic mass is 16.7. The zero-order valence-corrected chi connectivity index (χ0v) is 43.6. The summed E-state index contributed by atoms with van der Waals surface area (Å²) in [5.74, 6) is -0.235. The number of aliphatic hydroxyl groups excluding tert-OH is 8. The van der Waals surface area contributed by atoms with Gasteiger partial charge < -0.3 is 65.1 Å². The van der Waals surface area contributed by atoms with Crippen molar-refractivity contribution in [3.63, 3.8) is 0 Å². The minimum absolute atomic E-state index is 0.235. The van der Waals surface area contributed by atoms with Gasteiger partial charge in [-0.05, 0) is 19.3 Å². The van der Waals surface area contributed by atoms with E-state index in [-0.39, 0.29) is 18.9 Å². The molecule has 408 valence electrons. The van der Waals surface area contributed by atoms with Gasteiger partial charge in [0.2, 0.25) is 5.91 Å². The van der Waals surface area contributed by atoms with Gasteiger partial charge >= 0.3 is 0 Å². The molecular formula is C55H105NO13. The molecule has 14 heteroatoms. The molecule has 14 nitrogen and oxygen atoms in total. The second kappa shape index (κ2) is 42.1. The number of amides is 1. The Bertz CT molecular complexity index is 1210. The number of hydrogen-bond donors (Lipinski definition) is 9. The molecule has 0 bridgehead atoms. The molecule has 2 heterocycles. The van der Waals surface area contributed by atoms with E-state index in [9.17, 15) is 45.6 Å². The minimum atomic E-state index is -1.78. The first-order chi connectivity index (χ1) is 33.6. The van der Waals surface area contributed by atoms with Crippen molar-refractivity contribution >= 4 is 5.91 Å². The van der Waals surface area contributed by atoms with Crippen molar-refractivity contribution in [2.45, 2.75) is 312 Å². The fourth-order valence-corrected chi connectivity index (χ4v) is 9.59. The quantitative estimate of drug-likeness (QED) is 0.0206. The number of unbranched alkanes of at least 4 members (excludes halogenated alkanes) is 32. The molecule has 0 saturated carbocycles. The van der Waals surface area contributed by atoms with Gasteiger partial charge in [0, 0.05) is 6.42 Å². The standard InChI is InChI=1S/C55H105NO13/c1-3-5-7-9-11-13-15-17-18-19-20-21-22-23-24-25-27-29-31-33-35-37-39-47(60)56-43(44(59)38-36-34-32-30-28-26-16-14-12-10-8-6-4-2)42-66-54-52(65)50(63)53(46(41-58)68-54)69-55-51(64)49(62)48(61)45(40-57)67-55/h36,38,43-46,48-55,57-59,61-65H,3-35,37,39-42H2,1-2H3,(H,56,60)/b38-36+/t43-,44+,45+,46+,48-,49-,50+,51+,52+,53+,54+,55-/m0/s1. The van der Waals surface area contributed by atoms with Crippen LogP contribution in [0.3, 0.4) is 0 Å². The molecule has 0 aliphatic carbocycles. The van der Waals surface area contributed by atoms with Gasteiger partial charge in [-0.3, -0.25) is 4.79 Å². The van der Waals surface area contributed by atoms with Crippen molar-refractivity contribution in [2.24, 2.45) is 0 Å². The lowest BCUT2D eigenvalue weighted by Crippen LogP contribution is -2.65. The molecule has 0 aromatic heterocycles. The van der Waals surface area contributed by atoms with E-state index in [4.69, 9.17) is 18.9 Å². The highest BCUT2D eigenvalue weighted by Crippen LogP contribution is 2.30. The molecule has 2 aliphatic rings. The molecule has 0 unspecified atom stereocenters. The Labute approximate surface area is 418 Å². The van der Waals surface area contributed by atoms with Crippen LogP contribution in [0.25, 0.3) is 0 Å². The Morgan fingerprint density at radius 2 is 0.899 bits per heavy atom. The first-order valence-electron chi connectivity index (χ1n) is 28.4. The predicted octanol–water partition coefficient (Wildman–Crippen LogP) is 8.72. The van der Waals surface area contributed by atoms with Gasteiger partial charge in [-0.25, -0.2) is 0 Å². The summed E-state index contributed by atoms with van der Waals surface area (Å²) < 4.78 is 22.7. The summed E-state index contributed by atoms with van der Waals surface area (Å²) in [6, 6.07) is -0.908. The van der Waals surface area contributed by atoms with Crippen molar-refractivity contribution in [3.8, 4) is 0 Å². The van der Waals surface area contributed by atoms with E-state index in [1.54, 1.807) is 6.08 Å². The summed E-state index contributed by atoms with van der Waals surface area (Å²) in [5.41, 5.74) is 0. The molecule has 0 radical (unpaired) electrons. The average molecular weight is 988 g/mol. The summed E-state index contributed by atoms with van der Waals surface area (Å²) in [7, 11) is 0. The number of carbonyl (C=O) groups excluding carboxylic acids is 1. The molecule has 12 atom stereocenters. The molecule has 2 fully saturated rings. The molecule has 1 amide bonds. The summed E-state index contributed by atoms with van der Waals surface area (Å²) in [6.07, 6.45) is 29.7. The van der Waals surface area contributed by atoms with Crippen LogP contribution in [0, 0.1) is 0 Å². The largest absolute Gasteiger partial charge is 0.394 e. The lowest BCUT2D eigenvalue weighted by molar-refractivity contribution is -0.359. The van der Waals surface area contributed by atoms with E-state index in [2.05, 4.69) is 19.2 Å². The van der Waals surface area contributed by atoms with E-state index in [0.29, 0.717) is 6.42 Å². The van der Waals surface area contributed by atoms with Crippen LogP contribution >= 0.6 is 0 Å². The molecular weight excluding hydrogens is 883 g/mol. The fourth-order valence-electron chi connectivity index (χ4n) is 9.59. The van der Waals surface area contributed by atoms with Gasteiger partial charge in [0.05, 0.1) is 32.0 Å². The van der Waals surface area contributed by atoms with Crippen LogP contribution in [0.5, 0.6) is 0 Å². The normalized spacial score (nSPS) is 26.2. The fraction of sp³-hybridized carbons (Fsp3) is 0.945. The lowest BCUT2D eigenvalue weighted by atomic mass is 9.97. The predicted molar refractivity (Wildman–Crippen MR) is 272 cm³/mol. The summed E-state index contributed by atoms with van der Waals surface area (Å²) >= 11 is 0. The van der Waals surface area contributed by atoms with E-state index in [1.807, 2.05) is 6.08 Å².